The maximum atomic E-state index is 12.4. The molecule has 0 aliphatic carbocycles. The maximum Gasteiger partial charge on any atom is 0.346 e. The molecule has 0 aromatic rings. The standard InChI is InChI=1S/C12H26NO6P/c1-8-18-20(16,17-7)9-13(11(2,3)4)19-12(5,6)10(14)15/h8-9H2,1-7H3,(H,14,15). The van der Waals surface area contributed by atoms with Gasteiger partial charge in [0.15, 0.2) is 5.60 Å². The first-order chi connectivity index (χ1) is 8.88. The summed E-state index contributed by atoms with van der Waals surface area (Å²) in [4.78, 5) is 16.7. The molecule has 1 N–H and O–H groups in total. The molecule has 1 unspecified atom stereocenters. The number of nitrogens with zero attached hydrogens (tertiary/aromatic N) is 1. The van der Waals surface area contributed by atoms with Gasteiger partial charge < -0.3 is 14.2 Å². The van der Waals surface area contributed by atoms with Crippen LogP contribution < -0.4 is 0 Å². The van der Waals surface area contributed by atoms with Gasteiger partial charge in [0.1, 0.15) is 6.29 Å². The third-order valence-corrected chi connectivity index (χ3v) is 4.32. The molecule has 120 valence electrons. The smallest absolute Gasteiger partial charge is 0.346 e. The lowest BCUT2D eigenvalue weighted by atomic mass is 10.1. The summed E-state index contributed by atoms with van der Waals surface area (Å²) in [6.07, 6.45) is -0.155. The summed E-state index contributed by atoms with van der Waals surface area (Å²) in [5, 5.41) is 10.5. The minimum atomic E-state index is -3.36. The fourth-order valence-corrected chi connectivity index (χ4v) is 2.69. The molecule has 0 fully saturated rings. The van der Waals surface area contributed by atoms with E-state index in [2.05, 4.69) is 0 Å². The molecule has 0 heterocycles. The average molecular weight is 311 g/mol. The Bertz CT molecular complexity index is 377. The Kier molecular flexibility index (Phi) is 6.84. The van der Waals surface area contributed by atoms with E-state index >= 15 is 0 Å². The highest BCUT2D eigenvalue weighted by molar-refractivity contribution is 7.53. The Morgan fingerprint density at radius 2 is 1.75 bits per heavy atom. The lowest BCUT2D eigenvalue weighted by Gasteiger charge is -2.39. The zero-order valence-electron chi connectivity index (χ0n) is 13.3. The van der Waals surface area contributed by atoms with Crippen molar-refractivity contribution in [2.45, 2.75) is 52.7 Å². The molecule has 0 aromatic carbocycles. The molecule has 7 nitrogen and oxygen atoms in total. The van der Waals surface area contributed by atoms with E-state index in [0.717, 1.165) is 0 Å². The quantitative estimate of drug-likeness (QED) is 0.545. The second-order valence-corrected chi connectivity index (χ2v) is 7.94. The van der Waals surface area contributed by atoms with Crippen molar-refractivity contribution < 1.29 is 28.4 Å². The van der Waals surface area contributed by atoms with Crippen molar-refractivity contribution in [1.29, 1.82) is 0 Å². The summed E-state index contributed by atoms with van der Waals surface area (Å²) in [5.74, 6) is -1.12. The summed E-state index contributed by atoms with van der Waals surface area (Å²) in [6.45, 7) is 10.2. The number of rotatable bonds is 8. The molecule has 0 amide bonds. The lowest BCUT2D eigenvalue weighted by molar-refractivity contribution is -0.265. The van der Waals surface area contributed by atoms with Crippen LogP contribution in [0.3, 0.4) is 0 Å². The number of hydroxylamine groups is 2. The van der Waals surface area contributed by atoms with Crippen LogP contribution in [-0.2, 0) is 23.2 Å². The van der Waals surface area contributed by atoms with Crippen molar-refractivity contribution in [2.24, 2.45) is 0 Å². The van der Waals surface area contributed by atoms with Crippen LogP contribution in [0.4, 0.5) is 0 Å². The van der Waals surface area contributed by atoms with Gasteiger partial charge in [-0.2, -0.15) is 5.06 Å². The summed E-state index contributed by atoms with van der Waals surface area (Å²) < 4.78 is 22.5. The fourth-order valence-electron chi connectivity index (χ4n) is 1.20. The molecule has 0 saturated carbocycles. The van der Waals surface area contributed by atoms with E-state index in [1.54, 1.807) is 6.92 Å². The molecule has 0 radical (unpaired) electrons. The van der Waals surface area contributed by atoms with Crippen molar-refractivity contribution in [3.63, 3.8) is 0 Å². The van der Waals surface area contributed by atoms with E-state index < -0.39 is 24.7 Å². The van der Waals surface area contributed by atoms with Gasteiger partial charge in [-0.05, 0) is 41.5 Å². The molecule has 0 bridgehead atoms. The Hall–Kier alpha value is -0.460. The average Bonchev–Trinajstić information content (AvgIpc) is 2.26. The van der Waals surface area contributed by atoms with Gasteiger partial charge in [-0.15, -0.1) is 0 Å². The normalized spacial score (nSPS) is 16.2. The number of carboxylic acids is 1. The Morgan fingerprint density at radius 3 is 2.05 bits per heavy atom. The zero-order chi connectivity index (χ0) is 16.2. The second kappa shape index (κ2) is 7.00. The van der Waals surface area contributed by atoms with Crippen LogP contribution in [-0.4, -0.2) is 47.3 Å². The van der Waals surface area contributed by atoms with Crippen molar-refractivity contribution in [2.75, 3.05) is 20.0 Å². The molecular weight excluding hydrogens is 285 g/mol. The van der Waals surface area contributed by atoms with Crippen LogP contribution >= 0.6 is 7.60 Å². The largest absolute Gasteiger partial charge is 0.479 e. The minimum absolute atomic E-state index is 0.155. The summed E-state index contributed by atoms with van der Waals surface area (Å²) in [5.41, 5.74) is -2.02. The van der Waals surface area contributed by atoms with Gasteiger partial charge in [0.05, 0.1) is 6.61 Å². The number of carbonyl (C=O) groups is 1. The summed E-state index contributed by atoms with van der Waals surface area (Å²) >= 11 is 0. The number of aliphatic carboxylic acids is 1. The monoisotopic (exact) mass is 311 g/mol. The van der Waals surface area contributed by atoms with Gasteiger partial charge in [-0.3, -0.25) is 9.40 Å². The molecule has 1 atom stereocenters. The molecule has 0 spiro atoms. The van der Waals surface area contributed by atoms with Crippen LogP contribution in [0, 0.1) is 0 Å². The van der Waals surface area contributed by atoms with E-state index in [-0.39, 0.29) is 12.9 Å². The number of carboxylic acid groups (broad SMARTS) is 1. The Morgan fingerprint density at radius 1 is 1.25 bits per heavy atom. The molecule has 0 saturated heterocycles. The van der Waals surface area contributed by atoms with Crippen molar-refractivity contribution in [3.05, 3.63) is 0 Å². The van der Waals surface area contributed by atoms with Crippen LogP contribution in [0.1, 0.15) is 41.5 Å². The Labute approximate surface area is 120 Å². The van der Waals surface area contributed by atoms with Crippen LogP contribution in [0.15, 0.2) is 0 Å². The van der Waals surface area contributed by atoms with Crippen LogP contribution in [0.5, 0.6) is 0 Å². The maximum absolute atomic E-state index is 12.4. The first-order valence-corrected chi connectivity index (χ1v) is 8.10. The highest BCUT2D eigenvalue weighted by Gasteiger charge is 2.39. The third kappa shape index (κ3) is 5.89. The molecule has 0 aliphatic rings. The molecule has 8 heteroatoms. The van der Waals surface area contributed by atoms with Crippen molar-refractivity contribution in [1.82, 2.24) is 5.06 Å². The van der Waals surface area contributed by atoms with E-state index in [1.807, 2.05) is 20.8 Å². The van der Waals surface area contributed by atoms with Gasteiger partial charge in [0.25, 0.3) is 0 Å². The summed E-state index contributed by atoms with van der Waals surface area (Å²) in [7, 11) is -2.07. The zero-order valence-corrected chi connectivity index (χ0v) is 14.2. The topological polar surface area (TPSA) is 85.3 Å². The first kappa shape index (κ1) is 19.5. The van der Waals surface area contributed by atoms with Crippen molar-refractivity contribution in [3.8, 4) is 0 Å². The minimum Gasteiger partial charge on any atom is -0.479 e. The highest BCUT2D eigenvalue weighted by atomic mass is 31.2. The van der Waals surface area contributed by atoms with Gasteiger partial charge in [-0.25, -0.2) is 4.79 Å². The SMILES string of the molecule is CCOP(=O)(CN(OC(C)(C)C(=O)O)C(C)(C)C)OC. The highest BCUT2D eigenvalue weighted by Crippen LogP contribution is 2.49. The number of hydrogen-bond acceptors (Lipinski definition) is 6. The van der Waals surface area contributed by atoms with Gasteiger partial charge in [0, 0.05) is 12.6 Å². The predicted octanol–water partition coefficient (Wildman–Crippen LogP) is 2.72. The Balaban J connectivity index is 5.20. The van der Waals surface area contributed by atoms with E-state index in [4.69, 9.17) is 19.0 Å². The number of hydrogen-bond donors (Lipinski definition) is 1. The van der Waals surface area contributed by atoms with Crippen LogP contribution in [0.2, 0.25) is 0 Å². The molecule has 20 heavy (non-hydrogen) atoms. The van der Waals surface area contributed by atoms with E-state index in [0.29, 0.717) is 0 Å². The van der Waals surface area contributed by atoms with Gasteiger partial charge in [0.2, 0.25) is 0 Å². The molecule has 0 aliphatic heterocycles. The predicted molar refractivity (Wildman–Crippen MR) is 75.5 cm³/mol. The second-order valence-electron chi connectivity index (χ2n) is 5.81. The van der Waals surface area contributed by atoms with Gasteiger partial charge >= 0.3 is 13.6 Å². The fraction of sp³-hybridized carbons (Fsp3) is 0.917. The molecular formula is C12H26NO6P. The third-order valence-electron chi connectivity index (χ3n) is 2.51. The van der Waals surface area contributed by atoms with Gasteiger partial charge in [-0.1, -0.05) is 0 Å². The van der Waals surface area contributed by atoms with E-state index in [9.17, 15) is 9.36 Å². The summed E-state index contributed by atoms with van der Waals surface area (Å²) in [6, 6.07) is 0. The molecule has 0 rings (SSSR count). The van der Waals surface area contributed by atoms with Crippen LogP contribution in [0.25, 0.3) is 0 Å². The van der Waals surface area contributed by atoms with Crippen molar-refractivity contribution >= 4 is 13.6 Å². The first-order valence-electron chi connectivity index (χ1n) is 6.37. The molecule has 0 aromatic heterocycles. The van der Waals surface area contributed by atoms with E-state index in [1.165, 1.54) is 26.0 Å². The lowest BCUT2D eigenvalue weighted by Crippen LogP contribution is -2.50.